The van der Waals surface area contributed by atoms with Gasteiger partial charge in [0.05, 0.1) is 0 Å². The van der Waals surface area contributed by atoms with Crippen LogP contribution in [0, 0.1) is 19.8 Å². The molecule has 1 aliphatic rings. The van der Waals surface area contributed by atoms with Gasteiger partial charge in [-0.2, -0.15) is 0 Å². The highest BCUT2D eigenvalue weighted by Crippen LogP contribution is 2.41. The third-order valence-electron chi connectivity index (χ3n) is 10.5. The standard InChI is InChI=1S/C42H39B4N3/c1-24-17-18-31(42-48-40(29-12-6-4-7-13-29)47-41(49-42)30-14-8-5-9-15-30)23-33(24)34-25(2)11-10-16-32(34)27-19-21-28(22-20-27)35-26(3)36(43)38(45)39(46)37(35)44/h4-16,18-24H,17,43-46H2,1-3H3. The summed E-state index contributed by atoms with van der Waals surface area (Å²) in [4.78, 5) is 15.0. The highest BCUT2D eigenvalue weighted by atomic mass is 15.0. The van der Waals surface area contributed by atoms with E-state index in [1.165, 1.54) is 66.4 Å². The van der Waals surface area contributed by atoms with Gasteiger partial charge in [-0.1, -0.05) is 133 Å². The Kier molecular flexibility index (Phi) is 8.86. The summed E-state index contributed by atoms with van der Waals surface area (Å²) in [5.41, 5.74) is 18.9. The summed E-state index contributed by atoms with van der Waals surface area (Å²) in [5.74, 6) is 2.40. The molecule has 5 aromatic carbocycles. The number of nitrogens with zero attached hydrogens (tertiary/aromatic N) is 3. The summed E-state index contributed by atoms with van der Waals surface area (Å²) in [6, 6.07) is 36.2. The third kappa shape index (κ3) is 6.15. The Morgan fingerprint density at radius 1 is 0.531 bits per heavy atom. The van der Waals surface area contributed by atoms with Crippen LogP contribution < -0.4 is 21.9 Å². The van der Waals surface area contributed by atoms with Crippen molar-refractivity contribution in [2.45, 2.75) is 27.2 Å². The van der Waals surface area contributed by atoms with Crippen molar-refractivity contribution in [3.05, 3.63) is 138 Å². The molecule has 0 saturated carbocycles. The van der Waals surface area contributed by atoms with Crippen LogP contribution in [0.25, 0.3) is 56.2 Å². The first-order valence-corrected chi connectivity index (χ1v) is 17.3. The second kappa shape index (κ2) is 13.4. The molecule has 0 spiro atoms. The van der Waals surface area contributed by atoms with E-state index in [0.29, 0.717) is 23.4 Å². The molecule has 49 heavy (non-hydrogen) atoms. The lowest BCUT2D eigenvalue weighted by molar-refractivity contribution is 0.759. The molecule has 1 heterocycles. The number of benzene rings is 5. The van der Waals surface area contributed by atoms with Crippen LogP contribution in [-0.4, -0.2) is 46.3 Å². The first-order chi connectivity index (χ1) is 23.7. The SMILES string of the molecule is Bc1c(B)c(B)c(-c2ccc(-c3cccc(C)c3C3=CC(c4nc(-c5ccccc5)nc(-c5ccccc5)n4)=CCC3C)cc2)c(C)c1B. The smallest absolute Gasteiger partial charge is 0.164 e. The molecule has 1 atom stereocenters. The van der Waals surface area contributed by atoms with E-state index in [1.807, 2.05) is 36.4 Å². The maximum Gasteiger partial charge on any atom is 0.164 e. The Labute approximate surface area is 294 Å². The lowest BCUT2D eigenvalue weighted by Crippen LogP contribution is -2.49. The number of allylic oxidation sites excluding steroid dienone is 4. The number of rotatable bonds is 6. The Morgan fingerprint density at radius 3 is 1.69 bits per heavy atom. The van der Waals surface area contributed by atoms with E-state index < -0.39 is 0 Å². The van der Waals surface area contributed by atoms with Crippen LogP contribution >= 0.6 is 0 Å². The molecule has 0 saturated heterocycles. The molecule has 1 aliphatic carbocycles. The van der Waals surface area contributed by atoms with Crippen LogP contribution in [0.4, 0.5) is 0 Å². The van der Waals surface area contributed by atoms with Gasteiger partial charge in [-0.05, 0) is 71.2 Å². The summed E-state index contributed by atoms with van der Waals surface area (Å²) in [5, 5.41) is 0. The fraction of sp³-hybridized carbons (Fsp3) is 0.119. The van der Waals surface area contributed by atoms with Gasteiger partial charge >= 0.3 is 0 Å². The van der Waals surface area contributed by atoms with Gasteiger partial charge in [0.15, 0.2) is 17.5 Å². The zero-order chi connectivity index (χ0) is 34.2. The molecular formula is C42H39B4N3. The molecule has 0 amide bonds. The number of aromatic nitrogens is 3. The van der Waals surface area contributed by atoms with Crippen LogP contribution in [0.1, 0.15) is 35.9 Å². The van der Waals surface area contributed by atoms with E-state index in [9.17, 15) is 0 Å². The lowest BCUT2D eigenvalue weighted by Gasteiger charge is -2.25. The summed E-state index contributed by atoms with van der Waals surface area (Å²) >= 11 is 0. The largest absolute Gasteiger partial charge is 0.208 e. The van der Waals surface area contributed by atoms with Gasteiger partial charge in [-0.15, -0.1) is 10.9 Å². The van der Waals surface area contributed by atoms with Crippen LogP contribution in [-0.2, 0) is 0 Å². The molecule has 0 radical (unpaired) electrons. The van der Waals surface area contributed by atoms with E-state index >= 15 is 0 Å². The molecule has 7 rings (SSSR count). The van der Waals surface area contributed by atoms with Crippen molar-refractivity contribution in [3.8, 4) is 45.0 Å². The molecule has 1 aromatic heterocycles. The molecule has 0 fully saturated rings. The average molecular weight is 629 g/mol. The highest BCUT2D eigenvalue weighted by Gasteiger charge is 2.23. The van der Waals surface area contributed by atoms with Crippen LogP contribution in [0.5, 0.6) is 0 Å². The zero-order valence-corrected chi connectivity index (χ0v) is 29.6. The summed E-state index contributed by atoms with van der Waals surface area (Å²) in [6.07, 6.45) is 5.51. The fourth-order valence-electron chi connectivity index (χ4n) is 7.25. The van der Waals surface area contributed by atoms with Gasteiger partial charge in [-0.25, -0.2) is 15.0 Å². The minimum Gasteiger partial charge on any atom is -0.208 e. The maximum absolute atomic E-state index is 5.04. The van der Waals surface area contributed by atoms with Gasteiger partial charge < -0.3 is 0 Å². The van der Waals surface area contributed by atoms with Crippen LogP contribution in [0.15, 0.2) is 115 Å². The Bertz CT molecular complexity index is 2170. The van der Waals surface area contributed by atoms with Gasteiger partial charge in [0, 0.05) is 16.7 Å². The summed E-state index contributed by atoms with van der Waals surface area (Å²) in [6.45, 7) is 6.81. The molecule has 6 aromatic rings. The number of hydrogen-bond donors (Lipinski definition) is 0. The average Bonchev–Trinajstić information content (AvgIpc) is 3.14. The minimum absolute atomic E-state index is 0.343. The van der Waals surface area contributed by atoms with Crippen molar-refractivity contribution in [1.82, 2.24) is 15.0 Å². The molecule has 0 aliphatic heterocycles. The van der Waals surface area contributed by atoms with Crippen LogP contribution in [0.2, 0.25) is 0 Å². The second-order valence-electron chi connectivity index (χ2n) is 13.5. The number of hydrogen-bond acceptors (Lipinski definition) is 3. The van der Waals surface area contributed by atoms with Gasteiger partial charge in [0.25, 0.3) is 0 Å². The Balaban J connectivity index is 1.32. The lowest BCUT2D eigenvalue weighted by atomic mass is 9.63. The monoisotopic (exact) mass is 629 g/mol. The van der Waals surface area contributed by atoms with Gasteiger partial charge in [0.1, 0.15) is 31.4 Å². The molecule has 0 N–H and O–H groups in total. The van der Waals surface area contributed by atoms with E-state index in [0.717, 1.165) is 23.1 Å². The van der Waals surface area contributed by atoms with Crippen molar-refractivity contribution >= 4 is 64.4 Å². The van der Waals surface area contributed by atoms with Gasteiger partial charge in [-0.3, -0.25) is 0 Å². The first-order valence-electron chi connectivity index (χ1n) is 17.3. The molecule has 234 valence electrons. The van der Waals surface area contributed by atoms with E-state index in [-0.39, 0.29) is 0 Å². The summed E-state index contributed by atoms with van der Waals surface area (Å²) < 4.78 is 0. The minimum atomic E-state index is 0.343. The Hall–Kier alpha value is -5.15. The maximum atomic E-state index is 5.04. The zero-order valence-electron chi connectivity index (χ0n) is 29.6. The highest BCUT2D eigenvalue weighted by molar-refractivity contribution is 6.64. The molecular weight excluding hydrogens is 590 g/mol. The second-order valence-corrected chi connectivity index (χ2v) is 13.5. The molecule has 1 unspecified atom stereocenters. The quantitative estimate of drug-likeness (QED) is 0.264. The van der Waals surface area contributed by atoms with Crippen molar-refractivity contribution < 1.29 is 0 Å². The van der Waals surface area contributed by atoms with Crippen molar-refractivity contribution in [2.75, 3.05) is 0 Å². The van der Waals surface area contributed by atoms with Crippen molar-refractivity contribution in [3.63, 3.8) is 0 Å². The summed E-state index contributed by atoms with van der Waals surface area (Å²) in [7, 11) is 9.00. The van der Waals surface area contributed by atoms with Crippen molar-refractivity contribution in [2.24, 2.45) is 5.92 Å². The van der Waals surface area contributed by atoms with Crippen LogP contribution in [0.3, 0.4) is 0 Å². The first kappa shape index (κ1) is 32.4. The molecule has 3 nitrogen and oxygen atoms in total. The third-order valence-corrected chi connectivity index (χ3v) is 10.5. The fourth-order valence-corrected chi connectivity index (χ4v) is 7.25. The van der Waals surface area contributed by atoms with E-state index in [4.69, 9.17) is 15.0 Å². The molecule has 7 heteroatoms. The van der Waals surface area contributed by atoms with E-state index in [1.54, 1.807) is 0 Å². The predicted octanol–water partition coefficient (Wildman–Crippen LogP) is 3.70. The topological polar surface area (TPSA) is 38.7 Å². The Morgan fingerprint density at radius 2 is 1.08 bits per heavy atom. The van der Waals surface area contributed by atoms with E-state index in [2.05, 4.69) is 131 Å². The predicted molar refractivity (Wildman–Crippen MR) is 220 cm³/mol. The van der Waals surface area contributed by atoms with Crippen molar-refractivity contribution in [1.29, 1.82) is 0 Å². The number of aryl methyl sites for hydroxylation is 1. The van der Waals surface area contributed by atoms with Gasteiger partial charge in [0.2, 0.25) is 0 Å². The normalized spacial score (nSPS) is 14.3. The molecule has 0 bridgehead atoms.